The van der Waals surface area contributed by atoms with Crippen molar-refractivity contribution in [1.29, 1.82) is 0 Å². The maximum absolute atomic E-state index is 13.9. The summed E-state index contributed by atoms with van der Waals surface area (Å²) in [6, 6.07) is 22.7. The third kappa shape index (κ3) is 4.95. The molecule has 2 aromatic heterocycles. The lowest BCUT2D eigenvalue weighted by atomic mass is 10.1. The van der Waals surface area contributed by atoms with Gasteiger partial charge >= 0.3 is 0 Å². The Morgan fingerprint density at radius 3 is 2.53 bits per heavy atom. The molecular weight excluding hydrogens is 510 g/mol. The molecule has 36 heavy (non-hydrogen) atoms. The van der Waals surface area contributed by atoms with Crippen molar-refractivity contribution in [3.8, 4) is 16.8 Å². The highest BCUT2D eigenvalue weighted by atomic mass is 35.5. The van der Waals surface area contributed by atoms with Crippen LogP contribution in [0.15, 0.2) is 88.1 Å². The summed E-state index contributed by atoms with van der Waals surface area (Å²) >= 11 is 8.72. The SMILES string of the molecule is Cc1ccc(NC(=O)CSc2nc3scc(-c4ccc(Cl)cc4)c3c(=O)n2-c2ccccc2)c(C)c1. The summed E-state index contributed by atoms with van der Waals surface area (Å²) in [6.07, 6.45) is 0. The number of aryl methyl sites for hydroxylation is 2. The second kappa shape index (κ2) is 10.3. The average Bonchev–Trinajstić information content (AvgIpc) is 3.30. The minimum absolute atomic E-state index is 0.119. The number of anilines is 1. The maximum Gasteiger partial charge on any atom is 0.268 e. The van der Waals surface area contributed by atoms with Gasteiger partial charge < -0.3 is 5.32 Å². The molecule has 0 aliphatic carbocycles. The Bertz CT molecular complexity index is 1630. The predicted molar refractivity (Wildman–Crippen MR) is 151 cm³/mol. The zero-order chi connectivity index (χ0) is 25.2. The Kier molecular flexibility index (Phi) is 6.96. The van der Waals surface area contributed by atoms with Crippen LogP contribution >= 0.6 is 34.7 Å². The number of rotatable bonds is 6. The molecule has 0 unspecified atom stereocenters. The summed E-state index contributed by atoms with van der Waals surface area (Å²) in [6.45, 7) is 3.98. The topological polar surface area (TPSA) is 64.0 Å². The fourth-order valence-electron chi connectivity index (χ4n) is 3.99. The van der Waals surface area contributed by atoms with E-state index in [1.54, 1.807) is 4.57 Å². The molecule has 180 valence electrons. The van der Waals surface area contributed by atoms with Gasteiger partial charge in [0.25, 0.3) is 5.56 Å². The number of carbonyl (C=O) groups excluding carboxylic acids is 1. The van der Waals surface area contributed by atoms with Gasteiger partial charge in [-0.1, -0.05) is 71.4 Å². The van der Waals surface area contributed by atoms with Gasteiger partial charge in [0.05, 0.1) is 16.8 Å². The highest BCUT2D eigenvalue weighted by Gasteiger charge is 2.19. The molecule has 0 aliphatic heterocycles. The third-order valence-corrected chi connectivity index (χ3v) is 7.80. The van der Waals surface area contributed by atoms with Crippen molar-refractivity contribution in [3.05, 3.63) is 105 Å². The summed E-state index contributed by atoms with van der Waals surface area (Å²) in [4.78, 5) is 32.1. The first kappa shape index (κ1) is 24.3. The number of halogens is 1. The summed E-state index contributed by atoms with van der Waals surface area (Å²) in [5, 5.41) is 6.57. The molecule has 1 amide bonds. The van der Waals surface area contributed by atoms with E-state index >= 15 is 0 Å². The molecule has 0 fully saturated rings. The average molecular weight is 532 g/mol. The van der Waals surface area contributed by atoms with Crippen molar-refractivity contribution < 1.29 is 4.79 Å². The van der Waals surface area contributed by atoms with Crippen molar-refractivity contribution >= 4 is 56.5 Å². The van der Waals surface area contributed by atoms with Gasteiger partial charge in [-0.3, -0.25) is 14.2 Å². The van der Waals surface area contributed by atoms with E-state index in [2.05, 4.69) is 5.32 Å². The van der Waals surface area contributed by atoms with Crippen LogP contribution in [0.4, 0.5) is 5.69 Å². The Balaban J connectivity index is 1.52. The molecule has 8 heteroatoms. The van der Waals surface area contributed by atoms with Crippen LogP contribution in [0.5, 0.6) is 0 Å². The number of thioether (sulfide) groups is 1. The van der Waals surface area contributed by atoms with Gasteiger partial charge in [-0.25, -0.2) is 4.98 Å². The van der Waals surface area contributed by atoms with E-state index in [1.165, 1.54) is 23.1 Å². The number of carbonyl (C=O) groups is 1. The van der Waals surface area contributed by atoms with E-state index in [1.807, 2.05) is 92.0 Å². The normalized spacial score (nSPS) is 11.1. The number of hydrogen-bond donors (Lipinski definition) is 1. The van der Waals surface area contributed by atoms with Crippen LogP contribution in [-0.4, -0.2) is 21.2 Å². The Labute approximate surface area is 221 Å². The number of nitrogens with zero attached hydrogens (tertiary/aromatic N) is 2. The maximum atomic E-state index is 13.9. The van der Waals surface area contributed by atoms with Gasteiger partial charge in [-0.2, -0.15) is 0 Å². The molecule has 0 atom stereocenters. The van der Waals surface area contributed by atoms with Gasteiger partial charge in [-0.05, 0) is 55.3 Å². The molecule has 0 radical (unpaired) electrons. The molecule has 0 bridgehead atoms. The standard InChI is InChI=1S/C28H22ClN3O2S2/c1-17-8-13-23(18(2)14-17)30-24(33)16-36-28-31-26-25(27(34)32(28)21-6-4-3-5-7-21)22(15-35-26)19-9-11-20(29)12-10-19/h3-15H,16H2,1-2H3,(H,30,33). The van der Waals surface area contributed by atoms with Crippen molar-refractivity contribution in [1.82, 2.24) is 9.55 Å². The second-order valence-corrected chi connectivity index (χ2v) is 10.6. The number of fused-ring (bicyclic) bond motifs is 1. The zero-order valence-electron chi connectivity index (χ0n) is 19.6. The Morgan fingerprint density at radius 1 is 1.06 bits per heavy atom. The number of amides is 1. The minimum Gasteiger partial charge on any atom is -0.325 e. The van der Waals surface area contributed by atoms with Crippen LogP contribution < -0.4 is 10.9 Å². The third-order valence-electron chi connectivity index (χ3n) is 5.74. The molecule has 0 aliphatic rings. The minimum atomic E-state index is -0.172. The van der Waals surface area contributed by atoms with E-state index in [4.69, 9.17) is 16.6 Å². The second-order valence-electron chi connectivity index (χ2n) is 8.36. The van der Waals surface area contributed by atoms with Gasteiger partial charge in [-0.15, -0.1) is 11.3 Å². The fourth-order valence-corrected chi connectivity index (χ4v) is 5.91. The number of benzene rings is 3. The van der Waals surface area contributed by atoms with Gasteiger partial charge in [0, 0.05) is 21.7 Å². The first-order valence-electron chi connectivity index (χ1n) is 11.3. The Morgan fingerprint density at radius 2 is 1.81 bits per heavy atom. The van der Waals surface area contributed by atoms with Crippen LogP contribution in [-0.2, 0) is 4.79 Å². The summed E-state index contributed by atoms with van der Waals surface area (Å²) in [5.41, 5.74) is 5.16. The van der Waals surface area contributed by atoms with E-state index in [0.29, 0.717) is 26.1 Å². The van der Waals surface area contributed by atoms with E-state index in [0.717, 1.165) is 27.9 Å². The van der Waals surface area contributed by atoms with Crippen LogP contribution in [0, 0.1) is 13.8 Å². The molecule has 5 rings (SSSR count). The van der Waals surface area contributed by atoms with Crippen LogP contribution in [0.3, 0.4) is 0 Å². The molecule has 5 nitrogen and oxygen atoms in total. The first-order valence-corrected chi connectivity index (χ1v) is 13.5. The lowest BCUT2D eigenvalue weighted by molar-refractivity contribution is -0.113. The van der Waals surface area contributed by atoms with Crippen molar-refractivity contribution in [3.63, 3.8) is 0 Å². The first-order chi connectivity index (χ1) is 17.4. The van der Waals surface area contributed by atoms with Crippen molar-refractivity contribution in [2.75, 3.05) is 11.1 Å². The lowest BCUT2D eigenvalue weighted by Gasteiger charge is -2.13. The van der Waals surface area contributed by atoms with E-state index < -0.39 is 0 Å². The van der Waals surface area contributed by atoms with Crippen LogP contribution in [0.1, 0.15) is 11.1 Å². The van der Waals surface area contributed by atoms with Gasteiger partial charge in [0.1, 0.15) is 4.83 Å². The number of thiophene rings is 1. The fraction of sp³-hybridized carbons (Fsp3) is 0.107. The predicted octanol–water partition coefficient (Wildman–Crippen LogP) is 7.12. The molecule has 0 saturated carbocycles. The number of aromatic nitrogens is 2. The molecule has 3 aromatic carbocycles. The van der Waals surface area contributed by atoms with E-state index in [-0.39, 0.29) is 17.2 Å². The number of para-hydroxylation sites is 1. The molecule has 2 heterocycles. The zero-order valence-corrected chi connectivity index (χ0v) is 22.0. The summed E-state index contributed by atoms with van der Waals surface area (Å²) in [5.74, 6) is -0.0398. The smallest absolute Gasteiger partial charge is 0.268 e. The number of nitrogens with one attached hydrogen (secondary N) is 1. The Hall–Kier alpha value is -3.39. The van der Waals surface area contributed by atoms with Gasteiger partial charge in [0.15, 0.2) is 5.16 Å². The monoisotopic (exact) mass is 531 g/mol. The lowest BCUT2D eigenvalue weighted by Crippen LogP contribution is -2.22. The summed E-state index contributed by atoms with van der Waals surface area (Å²) < 4.78 is 1.59. The molecule has 0 spiro atoms. The van der Waals surface area contributed by atoms with E-state index in [9.17, 15) is 9.59 Å². The number of hydrogen-bond acceptors (Lipinski definition) is 5. The quantitative estimate of drug-likeness (QED) is 0.187. The van der Waals surface area contributed by atoms with Gasteiger partial charge in [0.2, 0.25) is 5.91 Å². The van der Waals surface area contributed by atoms with Crippen molar-refractivity contribution in [2.45, 2.75) is 19.0 Å². The molecule has 0 saturated heterocycles. The van der Waals surface area contributed by atoms with Crippen molar-refractivity contribution in [2.24, 2.45) is 0 Å². The molecular formula is C28H22ClN3O2S2. The largest absolute Gasteiger partial charge is 0.325 e. The molecule has 5 aromatic rings. The molecule has 1 N–H and O–H groups in total. The van der Waals surface area contributed by atoms with Crippen LogP contribution in [0.25, 0.3) is 27.0 Å². The summed E-state index contributed by atoms with van der Waals surface area (Å²) in [7, 11) is 0. The highest BCUT2D eigenvalue weighted by Crippen LogP contribution is 2.33. The highest BCUT2D eigenvalue weighted by molar-refractivity contribution is 7.99. The van der Waals surface area contributed by atoms with Crippen LogP contribution in [0.2, 0.25) is 5.02 Å².